The van der Waals surface area contributed by atoms with E-state index in [9.17, 15) is 9.59 Å². The normalized spacial score (nSPS) is 32.0. The van der Waals surface area contributed by atoms with Crippen LogP contribution in [0.4, 0.5) is 5.69 Å². The minimum atomic E-state index is -0.378. The molecule has 1 spiro atoms. The van der Waals surface area contributed by atoms with Gasteiger partial charge in [0, 0.05) is 42.5 Å². The molecule has 3 heterocycles. The Morgan fingerprint density at radius 2 is 2.07 bits per heavy atom. The number of carbonyl (C=O) groups excluding carboxylic acids is 2. The molecule has 6 heteroatoms. The molecule has 1 aromatic rings. The molecule has 0 amide bonds. The second kappa shape index (κ2) is 5.70. The number of nitrogens with zero attached hydrogens (tertiary/aromatic N) is 1. The number of ether oxygens (including phenoxy) is 2. The van der Waals surface area contributed by atoms with Crippen LogP contribution in [-0.2, 0) is 24.5 Å². The van der Waals surface area contributed by atoms with Gasteiger partial charge >= 0.3 is 11.9 Å². The molecule has 0 radical (unpaired) electrons. The average Bonchev–Trinajstić information content (AvgIpc) is 3.24. The van der Waals surface area contributed by atoms with Crippen molar-refractivity contribution in [3.05, 3.63) is 52.7 Å². The van der Waals surface area contributed by atoms with Crippen LogP contribution in [0.25, 0.3) is 0 Å². The highest BCUT2D eigenvalue weighted by atomic mass is 16.5. The number of hydrogen-bond acceptors (Lipinski definition) is 6. The van der Waals surface area contributed by atoms with E-state index in [2.05, 4.69) is 28.4 Å². The SMILES string of the molecule is COC(=O)/C=C1/CN2CCC34C(=C(C(=O)OC)[C@H]1CC23)Nc1ccccc14. The minimum Gasteiger partial charge on any atom is -0.466 e. The van der Waals surface area contributed by atoms with E-state index < -0.39 is 0 Å². The van der Waals surface area contributed by atoms with Crippen molar-refractivity contribution >= 4 is 17.6 Å². The molecule has 0 aromatic heterocycles. The highest BCUT2D eigenvalue weighted by Gasteiger charge is 2.62. The molecule has 1 aliphatic carbocycles. The molecular formula is C21H22N2O4. The molecule has 3 atom stereocenters. The molecule has 27 heavy (non-hydrogen) atoms. The molecular weight excluding hydrogens is 344 g/mol. The van der Waals surface area contributed by atoms with Gasteiger partial charge in [-0.1, -0.05) is 18.2 Å². The predicted octanol–water partition coefficient (Wildman–Crippen LogP) is 1.98. The number of esters is 2. The van der Waals surface area contributed by atoms with Crippen LogP contribution in [0.2, 0.25) is 0 Å². The molecule has 1 N–H and O–H groups in total. The molecule has 1 aromatic carbocycles. The number of fused-ring (bicyclic) bond motifs is 2. The van der Waals surface area contributed by atoms with Gasteiger partial charge in [-0.25, -0.2) is 9.59 Å². The lowest BCUT2D eigenvalue weighted by molar-refractivity contribution is -0.137. The molecule has 3 aliphatic heterocycles. The third kappa shape index (κ3) is 2.04. The maximum absolute atomic E-state index is 12.9. The molecule has 2 fully saturated rings. The number of methoxy groups -OCH3 is 2. The van der Waals surface area contributed by atoms with E-state index in [0.717, 1.165) is 36.3 Å². The molecule has 2 saturated heterocycles. The topological polar surface area (TPSA) is 67.9 Å². The van der Waals surface area contributed by atoms with E-state index in [1.54, 1.807) is 6.08 Å². The van der Waals surface area contributed by atoms with Crippen molar-refractivity contribution in [3.8, 4) is 0 Å². The Morgan fingerprint density at radius 3 is 2.85 bits per heavy atom. The summed E-state index contributed by atoms with van der Waals surface area (Å²) in [6, 6.07) is 8.64. The first-order chi connectivity index (χ1) is 13.1. The number of nitrogens with one attached hydrogen (secondary N) is 1. The van der Waals surface area contributed by atoms with E-state index in [4.69, 9.17) is 9.47 Å². The Kier molecular flexibility index (Phi) is 3.49. The number of anilines is 1. The van der Waals surface area contributed by atoms with Gasteiger partial charge in [-0.3, -0.25) is 4.90 Å². The summed E-state index contributed by atoms with van der Waals surface area (Å²) in [6.45, 7) is 1.62. The molecule has 2 bridgehead atoms. The fourth-order valence-electron chi connectivity index (χ4n) is 5.68. The van der Waals surface area contributed by atoms with Gasteiger partial charge < -0.3 is 14.8 Å². The summed E-state index contributed by atoms with van der Waals surface area (Å²) in [4.78, 5) is 27.2. The van der Waals surface area contributed by atoms with Crippen LogP contribution in [0.1, 0.15) is 18.4 Å². The minimum absolute atomic E-state index is 0.124. The standard InChI is InChI=1S/C21H22N2O4/c1-26-17(24)9-12-11-23-8-7-21-14-5-3-4-6-15(14)22-19(21)18(20(25)27-2)13(12)10-16(21)23/h3-6,9,13,16,22H,7-8,10-11H2,1-2H3/b12-9-/t13-,16?,21?/m0/s1. The first-order valence-corrected chi connectivity index (χ1v) is 9.32. The van der Waals surface area contributed by atoms with Gasteiger partial charge in [0.15, 0.2) is 0 Å². The number of benzene rings is 1. The molecule has 5 rings (SSSR count). The van der Waals surface area contributed by atoms with E-state index in [0.29, 0.717) is 18.2 Å². The lowest BCUT2D eigenvalue weighted by Gasteiger charge is -2.48. The van der Waals surface area contributed by atoms with Crippen LogP contribution < -0.4 is 5.32 Å². The predicted molar refractivity (Wildman–Crippen MR) is 99.0 cm³/mol. The average molecular weight is 366 g/mol. The van der Waals surface area contributed by atoms with Crippen LogP contribution in [0.15, 0.2) is 47.2 Å². The van der Waals surface area contributed by atoms with Crippen molar-refractivity contribution < 1.29 is 19.1 Å². The number of para-hydroxylation sites is 1. The number of hydrogen-bond donors (Lipinski definition) is 1. The van der Waals surface area contributed by atoms with Gasteiger partial charge in [0.25, 0.3) is 0 Å². The van der Waals surface area contributed by atoms with Crippen molar-refractivity contribution in [3.63, 3.8) is 0 Å². The number of piperidine rings is 1. The van der Waals surface area contributed by atoms with Gasteiger partial charge in [-0.2, -0.15) is 0 Å². The van der Waals surface area contributed by atoms with Crippen LogP contribution in [0, 0.1) is 5.92 Å². The Bertz CT molecular complexity index is 919. The quantitative estimate of drug-likeness (QED) is 0.638. The first kappa shape index (κ1) is 16.6. The first-order valence-electron chi connectivity index (χ1n) is 9.32. The van der Waals surface area contributed by atoms with E-state index in [1.165, 1.54) is 19.8 Å². The third-order valence-electron chi connectivity index (χ3n) is 6.74. The van der Waals surface area contributed by atoms with Crippen LogP contribution in [0.5, 0.6) is 0 Å². The summed E-state index contributed by atoms with van der Waals surface area (Å²) >= 11 is 0. The van der Waals surface area contributed by atoms with E-state index >= 15 is 0 Å². The summed E-state index contributed by atoms with van der Waals surface area (Å²) in [5.74, 6) is -0.818. The zero-order chi connectivity index (χ0) is 18.8. The van der Waals surface area contributed by atoms with E-state index in [1.807, 2.05) is 6.07 Å². The third-order valence-corrected chi connectivity index (χ3v) is 6.74. The summed E-state index contributed by atoms with van der Waals surface area (Å²) < 4.78 is 10.0. The lowest BCUT2D eigenvalue weighted by atomic mass is 9.62. The summed E-state index contributed by atoms with van der Waals surface area (Å²) in [5.41, 5.74) is 4.72. The smallest absolute Gasteiger partial charge is 0.336 e. The van der Waals surface area contributed by atoms with Crippen molar-refractivity contribution in [2.45, 2.75) is 24.3 Å². The monoisotopic (exact) mass is 366 g/mol. The highest BCUT2D eigenvalue weighted by molar-refractivity contribution is 5.95. The Labute approximate surface area is 157 Å². The van der Waals surface area contributed by atoms with Gasteiger partial charge in [0.05, 0.1) is 25.2 Å². The molecule has 2 unspecified atom stereocenters. The highest BCUT2D eigenvalue weighted by Crippen LogP contribution is 2.61. The molecule has 0 saturated carbocycles. The number of rotatable bonds is 2. The Morgan fingerprint density at radius 1 is 1.26 bits per heavy atom. The van der Waals surface area contributed by atoms with Gasteiger partial charge in [-0.05, 0) is 30.0 Å². The lowest BCUT2D eigenvalue weighted by Crippen LogP contribution is -2.53. The molecule has 4 aliphatic rings. The zero-order valence-electron chi connectivity index (χ0n) is 15.5. The fourth-order valence-corrected chi connectivity index (χ4v) is 5.68. The Balaban J connectivity index is 1.75. The summed E-state index contributed by atoms with van der Waals surface area (Å²) in [5, 5.41) is 3.55. The fraction of sp³-hybridized carbons (Fsp3) is 0.429. The zero-order valence-corrected chi connectivity index (χ0v) is 15.5. The Hall–Kier alpha value is -2.60. The van der Waals surface area contributed by atoms with Crippen molar-refractivity contribution in [1.29, 1.82) is 0 Å². The van der Waals surface area contributed by atoms with Crippen molar-refractivity contribution in [2.75, 3.05) is 32.6 Å². The van der Waals surface area contributed by atoms with Gasteiger partial charge in [0.2, 0.25) is 0 Å². The molecule has 140 valence electrons. The maximum atomic E-state index is 12.9. The number of carbonyl (C=O) groups is 2. The van der Waals surface area contributed by atoms with E-state index in [-0.39, 0.29) is 23.3 Å². The summed E-state index contributed by atoms with van der Waals surface area (Å²) in [6.07, 6.45) is 3.32. The van der Waals surface area contributed by atoms with Crippen molar-refractivity contribution in [2.24, 2.45) is 5.92 Å². The molecule has 6 nitrogen and oxygen atoms in total. The maximum Gasteiger partial charge on any atom is 0.336 e. The van der Waals surface area contributed by atoms with Crippen molar-refractivity contribution in [1.82, 2.24) is 4.90 Å². The summed E-state index contributed by atoms with van der Waals surface area (Å²) in [7, 11) is 2.80. The van der Waals surface area contributed by atoms with Crippen LogP contribution in [0.3, 0.4) is 0 Å². The second-order valence-electron chi connectivity index (χ2n) is 7.69. The van der Waals surface area contributed by atoms with Crippen LogP contribution in [-0.4, -0.2) is 50.2 Å². The van der Waals surface area contributed by atoms with Crippen LogP contribution >= 0.6 is 0 Å². The largest absolute Gasteiger partial charge is 0.466 e. The second-order valence-corrected chi connectivity index (χ2v) is 7.69. The van der Waals surface area contributed by atoms with Gasteiger partial charge in [-0.15, -0.1) is 0 Å². The van der Waals surface area contributed by atoms with Gasteiger partial charge in [0.1, 0.15) is 0 Å².